The Morgan fingerprint density at radius 3 is 1.31 bits per heavy atom. The Morgan fingerprint density at radius 1 is 0.517 bits per heavy atom. The van der Waals surface area contributed by atoms with E-state index in [-0.39, 0.29) is 27.3 Å². The minimum absolute atomic E-state index is 0.0483. The molecule has 1 unspecified atom stereocenters. The van der Waals surface area contributed by atoms with Crippen molar-refractivity contribution in [3.63, 3.8) is 0 Å². The van der Waals surface area contributed by atoms with Crippen molar-refractivity contribution in [2.75, 3.05) is 21.1 Å². The highest BCUT2D eigenvalue weighted by atomic mass is 19.4. The molecule has 0 spiro atoms. The van der Waals surface area contributed by atoms with Gasteiger partial charge in [-0.25, -0.2) is 0 Å². The first-order valence-electron chi connectivity index (χ1n) is 18.3. The molecular weight excluding hydrogens is 793 g/mol. The second kappa shape index (κ2) is 20.4. The van der Waals surface area contributed by atoms with Crippen LogP contribution in [0.4, 0.5) is 52.7 Å². The Hall–Kier alpha value is -4.54. The third kappa shape index (κ3) is 15.7. The number of unbranched alkanes of at least 4 members (excludes halogenated alkanes) is 6. The molecule has 4 nitrogen and oxygen atoms in total. The summed E-state index contributed by atoms with van der Waals surface area (Å²) >= 11 is 0. The molecule has 0 saturated carbocycles. The second-order valence-electron chi connectivity index (χ2n) is 14.3. The molecule has 58 heavy (non-hydrogen) atoms. The van der Waals surface area contributed by atoms with Gasteiger partial charge in [0.05, 0.1) is 43.4 Å². The Morgan fingerprint density at radius 2 is 0.914 bits per heavy atom. The summed E-state index contributed by atoms with van der Waals surface area (Å²) in [6.45, 7) is 2.12. The zero-order valence-electron chi connectivity index (χ0n) is 32.2. The molecule has 0 saturated heterocycles. The van der Waals surface area contributed by atoms with Crippen LogP contribution in [0, 0.1) is 6.07 Å². The van der Waals surface area contributed by atoms with Crippen molar-refractivity contribution in [3.05, 3.63) is 125 Å². The normalized spacial score (nSPS) is 13.0. The number of quaternary nitrogens is 1. The molecule has 0 heterocycles. The van der Waals surface area contributed by atoms with Gasteiger partial charge in [0.2, 0.25) is 0 Å². The molecule has 0 aliphatic carbocycles. The molecule has 1 atom stereocenters. The van der Waals surface area contributed by atoms with Crippen LogP contribution in [0.1, 0.15) is 92.1 Å². The summed E-state index contributed by atoms with van der Waals surface area (Å²) in [4.78, 5) is 0. The molecule has 0 amide bonds. The van der Waals surface area contributed by atoms with Crippen molar-refractivity contribution < 1.29 is 71.1 Å². The topological polar surface area (TPSA) is 27.7 Å². The monoisotopic (exact) mass is 837 g/mol. The second-order valence-corrected chi connectivity index (χ2v) is 14.3. The van der Waals surface area contributed by atoms with Crippen LogP contribution in [0.25, 0.3) is 0 Å². The Kier molecular flexibility index (Phi) is 16.9. The fraction of sp³-hybridized carbons (Fsp3) is 0.415. The lowest BCUT2D eigenvalue weighted by molar-refractivity contribution is -0.902. The smallest absolute Gasteiger partial charge is 0.490 e. The number of alkyl halides is 12. The van der Waals surface area contributed by atoms with E-state index in [0.717, 1.165) is 124 Å². The summed E-state index contributed by atoms with van der Waals surface area (Å²) in [5.74, 6) is -0.355. The average molecular weight is 838 g/mol. The lowest BCUT2D eigenvalue weighted by Crippen LogP contribution is -2.41. The number of benzene rings is 4. The quantitative estimate of drug-likeness (QED) is 0.0370. The zero-order valence-corrected chi connectivity index (χ0v) is 32.2. The van der Waals surface area contributed by atoms with Crippen molar-refractivity contribution in [1.29, 1.82) is 0 Å². The highest BCUT2D eigenvalue weighted by Crippen LogP contribution is 2.41. The van der Waals surface area contributed by atoms with E-state index >= 15 is 0 Å². The Bertz CT molecular complexity index is 1750. The molecule has 4 rings (SSSR count). The van der Waals surface area contributed by atoms with Crippen LogP contribution < -0.4 is 14.0 Å². The van der Waals surface area contributed by atoms with Gasteiger partial charge in [0.1, 0.15) is 23.3 Å². The van der Waals surface area contributed by atoms with Crippen LogP contribution in [0.3, 0.4) is 0 Å². The van der Waals surface area contributed by atoms with Gasteiger partial charge >= 0.3 is 32.0 Å². The van der Waals surface area contributed by atoms with Crippen molar-refractivity contribution >= 4 is 7.32 Å². The number of hydrogen-bond donors (Lipinski definition) is 0. The van der Waals surface area contributed by atoms with Crippen molar-refractivity contribution in [2.24, 2.45) is 0 Å². The zero-order chi connectivity index (χ0) is 43.4. The molecular formula is C41H44BF12NO3. The average Bonchev–Trinajstić information content (AvgIpc) is 3.12. The Labute approximate surface area is 330 Å². The molecule has 0 aromatic heterocycles. The minimum Gasteiger partial charge on any atom is -0.490 e. The van der Waals surface area contributed by atoms with E-state index in [9.17, 15) is 52.7 Å². The maximum absolute atomic E-state index is 13.9. The molecule has 0 radical (unpaired) electrons. The van der Waals surface area contributed by atoms with Crippen LogP contribution in [0.15, 0.2) is 91.0 Å². The number of hydrogen-bond acceptors (Lipinski definition) is 3. The predicted octanol–water partition coefficient (Wildman–Crippen LogP) is 13.7. The van der Waals surface area contributed by atoms with Crippen molar-refractivity contribution in [1.82, 2.24) is 0 Å². The van der Waals surface area contributed by atoms with E-state index in [2.05, 4.69) is 13.0 Å². The molecule has 0 aliphatic rings. The standard InChI is InChI=1S/C34H40BF9NO3.C7H4F3/c1-5-6-7-8-9-10-11-12-30(45(2,3)4)29-23-26(34(42,43)44)17-22-31(29)48-35(46-27-18-13-24(14-19-27)32(36,37)38)47-28-20-15-25(16-21-28)33(39,40)41;8-7(9,10)6-4-2-1-3-5-6/h13-23,30H,5-12H2,1-4H3;2-5H/q+1;-1. The first kappa shape index (κ1) is 47.8. The van der Waals surface area contributed by atoms with Crippen LogP contribution in [0.2, 0.25) is 0 Å². The van der Waals surface area contributed by atoms with Gasteiger partial charge in [-0.3, -0.25) is 0 Å². The lowest BCUT2D eigenvalue weighted by atomic mass is 9.94. The van der Waals surface area contributed by atoms with Crippen LogP contribution in [-0.4, -0.2) is 32.9 Å². The molecule has 17 heteroatoms. The molecule has 4 aromatic carbocycles. The van der Waals surface area contributed by atoms with Crippen LogP contribution >= 0.6 is 0 Å². The highest BCUT2D eigenvalue weighted by Gasteiger charge is 2.39. The molecule has 0 aliphatic heterocycles. The first-order valence-corrected chi connectivity index (χ1v) is 18.3. The summed E-state index contributed by atoms with van der Waals surface area (Å²) in [5, 5.41) is 0. The van der Waals surface area contributed by atoms with E-state index < -0.39 is 60.3 Å². The molecule has 0 N–H and O–H groups in total. The SMILES string of the molecule is CCCCCCCCCC(c1cc(C(F)(F)F)ccc1OB(Oc1ccc(C(F)(F)F)cc1)Oc1ccc(C(F)(F)F)cc1)[N+](C)(C)C.FC(F)(F)c1cc[c-]cc1. The molecule has 0 bridgehead atoms. The van der Waals surface area contributed by atoms with Gasteiger partial charge < -0.3 is 18.4 Å². The van der Waals surface area contributed by atoms with Gasteiger partial charge in [0, 0.05) is 6.42 Å². The van der Waals surface area contributed by atoms with Gasteiger partial charge in [0.15, 0.2) is 0 Å². The van der Waals surface area contributed by atoms with E-state index in [1.54, 1.807) is 0 Å². The fourth-order valence-corrected chi connectivity index (χ4v) is 5.77. The van der Waals surface area contributed by atoms with Crippen molar-refractivity contribution in [2.45, 2.75) is 89.0 Å². The fourth-order valence-electron chi connectivity index (χ4n) is 5.77. The molecule has 0 fully saturated rings. The third-order valence-electron chi connectivity index (χ3n) is 8.81. The van der Waals surface area contributed by atoms with Crippen LogP contribution in [0.5, 0.6) is 17.2 Å². The molecule has 318 valence electrons. The van der Waals surface area contributed by atoms with Crippen LogP contribution in [-0.2, 0) is 24.7 Å². The summed E-state index contributed by atoms with van der Waals surface area (Å²) in [6, 6.07) is 16.4. The van der Waals surface area contributed by atoms with Gasteiger partial charge in [0.25, 0.3) is 0 Å². The first-order chi connectivity index (χ1) is 26.9. The van der Waals surface area contributed by atoms with Gasteiger partial charge in [-0.05, 0) is 73.2 Å². The van der Waals surface area contributed by atoms with E-state index in [0.29, 0.717) is 6.42 Å². The lowest BCUT2D eigenvalue weighted by Gasteiger charge is -2.36. The van der Waals surface area contributed by atoms with E-state index in [4.69, 9.17) is 14.0 Å². The number of rotatable bonds is 16. The molecule has 4 aromatic rings. The van der Waals surface area contributed by atoms with Gasteiger partial charge in [-0.2, -0.15) is 83.0 Å². The van der Waals surface area contributed by atoms with E-state index in [1.807, 2.05) is 21.1 Å². The van der Waals surface area contributed by atoms with Gasteiger partial charge in [-0.1, -0.05) is 51.0 Å². The minimum atomic E-state index is -4.67. The number of nitrogens with zero attached hydrogens (tertiary/aromatic N) is 1. The summed E-state index contributed by atoms with van der Waals surface area (Å²) in [7, 11) is 3.70. The number of halogens is 12. The predicted molar refractivity (Wildman–Crippen MR) is 196 cm³/mol. The maximum Gasteiger partial charge on any atom is 0.864 e. The van der Waals surface area contributed by atoms with Gasteiger partial charge in [-0.15, -0.1) is 0 Å². The van der Waals surface area contributed by atoms with E-state index in [1.165, 1.54) is 12.1 Å². The summed E-state index contributed by atoms with van der Waals surface area (Å²) in [5.41, 5.74) is -3.27. The third-order valence-corrected chi connectivity index (χ3v) is 8.81. The summed E-state index contributed by atoms with van der Waals surface area (Å²) < 4.78 is 174. The largest absolute Gasteiger partial charge is 0.864 e. The Balaban J connectivity index is 0.000000781. The van der Waals surface area contributed by atoms with Crippen molar-refractivity contribution in [3.8, 4) is 17.2 Å². The highest BCUT2D eigenvalue weighted by molar-refractivity contribution is 6.39. The summed E-state index contributed by atoms with van der Waals surface area (Å²) in [6.07, 6.45) is -10.6. The maximum atomic E-state index is 13.9.